The second-order valence-corrected chi connectivity index (χ2v) is 8.18. The molecule has 0 radical (unpaired) electrons. The summed E-state index contributed by atoms with van der Waals surface area (Å²) in [5.74, 6) is 0. The molecule has 1 fully saturated rings. The molecular formula is C22H23N5OS. The van der Waals surface area contributed by atoms with Crippen molar-refractivity contribution >= 4 is 21.6 Å². The molecule has 29 heavy (non-hydrogen) atoms. The Labute approximate surface area is 173 Å². The maximum atomic E-state index is 5.42. The fourth-order valence-electron chi connectivity index (χ4n) is 3.77. The van der Waals surface area contributed by atoms with Crippen LogP contribution in [0.5, 0.6) is 0 Å². The van der Waals surface area contributed by atoms with Gasteiger partial charge in [0.1, 0.15) is 11.2 Å². The lowest BCUT2D eigenvalue weighted by Gasteiger charge is -2.26. The van der Waals surface area contributed by atoms with E-state index in [0.29, 0.717) is 0 Å². The Hall–Kier alpha value is -2.61. The highest BCUT2D eigenvalue weighted by atomic mass is 32.1. The molecule has 5 rings (SSSR count). The number of aromatic nitrogens is 4. The van der Waals surface area contributed by atoms with Crippen LogP contribution in [0.4, 0.5) is 0 Å². The lowest BCUT2D eigenvalue weighted by molar-refractivity contribution is 0.0360. The average Bonchev–Trinajstić information content (AvgIpc) is 3.40. The first kappa shape index (κ1) is 18.4. The highest BCUT2D eigenvalue weighted by molar-refractivity contribution is 7.17. The van der Waals surface area contributed by atoms with Crippen LogP contribution in [0.15, 0.2) is 48.2 Å². The number of aryl methyl sites for hydroxylation is 1. The first-order valence-corrected chi connectivity index (χ1v) is 10.8. The zero-order valence-corrected chi connectivity index (χ0v) is 17.2. The number of morpholine rings is 1. The summed E-state index contributed by atoms with van der Waals surface area (Å²) < 4.78 is 7.45. The Morgan fingerprint density at radius 2 is 1.93 bits per heavy atom. The third-order valence-electron chi connectivity index (χ3n) is 5.38. The van der Waals surface area contributed by atoms with E-state index in [-0.39, 0.29) is 0 Å². The molecule has 0 aliphatic carbocycles. The number of fused-ring (bicyclic) bond motifs is 1. The number of hydrogen-bond donors (Lipinski definition) is 0. The number of hydrogen-bond acceptors (Lipinski definition) is 6. The van der Waals surface area contributed by atoms with Gasteiger partial charge in [-0.2, -0.15) is 5.10 Å². The fraction of sp³-hybridized carbons (Fsp3) is 0.318. The lowest BCUT2D eigenvalue weighted by Crippen LogP contribution is -2.38. The van der Waals surface area contributed by atoms with Crippen LogP contribution < -0.4 is 0 Å². The molecule has 6 nitrogen and oxygen atoms in total. The van der Waals surface area contributed by atoms with Gasteiger partial charge in [-0.15, -0.1) is 11.3 Å². The minimum absolute atomic E-state index is 0.830. The van der Waals surface area contributed by atoms with Gasteiger partial charge in [-0.05, 0) is 30.0 Å². The topological polar surface area (TPSA) is 56.1 Å². The van der Waals surface area contributed by atoms with E-state index < -0.39 is 0 Å². The summed E-state index contributed by atoms with van der Waals surface area (Å²) in [7, 11) is 0. The predicted octanol–water partition coefficient (Wildman–Crippen LogP) is 3.86. The van der Waals surface area contributed by atoms with Crippen molar-refractivity contribution in [3.8, 4) is 22.5 Å². The van der Waals surface area contributed by atoms with Gasteiger partial charge >= 0.3 is 0 Å². The van der Waals surface area contributed by atoms with Crippen molar-refractivity contribution in [2.24, 2.45) is 0 Å². The second kappa shape index (κ2) is 8.02. The van der Waals surface area contributed by atoms with Gasteiger partial charge in [0.05, 0.1) is 31.1 Å². The van der Waals surface area contributed by atoms with Crippen molar-refractivity contribution in [2.45, 2.75) is 13.5 Å². The first-order valence-electron chi connectivity index (χ1n) is 9.91. The van der Waals surface area contributed by atoms with Crippen molar-refractivity contribution in [3.05, 3.63) is 53.8 Å². The van der Waals surface area contributed by atoms with Gasteiger partial charge in [0, 0.05) is 42.3 Å². The predicted molar refractivity (Wildman–Crippen MR) is 116 cm³/mol. The molecule has 0 bridgehead atoms. The summed E-state index contributed by atoms with van der Waals surface area (Å²) in [6.07, 6.45) is 3.72. The molecule has 0 saturated carbocycles. The Morgan fingerprint density at radius 1 is 1.07 bits per heavy atom. The van der Waals surface area contributed by atoms with Crippen molar-refractivity contribution in [1.82, 2.24) is 24.6 Å². The van der Waals surface area contributed by atoms with Crippen LogP contribution in [-0.4, -0.2) is 57.5 Å². The number of thiophene rings is 1. The number of nitrogens with zero attached hydrogens (tertiary/aromatic N) is 5. The maximum absolute atomic E-state index is 5.42. The van der Waals surface area contributed by atoms with Gasteiger partial charge in [0.15, 0.2) is 0 Å². The molecule has 0 amide bonds. The van der Waals surface area contributed by atoms with Gasteiger partial charge in [0.25, 0.3) is 0 Å². The normalized spacial score (nSPS) is 15.2. The van der Waals surface area contributed by atoms with Gasteiger partial charge < -0.3 is 4.74 Å². The Kier molecular flexibility index (Phi) is 5.10. The van der Waals surface area contributed by atoms with Gasteiger partial charge in [-0.25, -0.2) is 9.97 Å². The summed E-state index contributed by atoms with van der Waals surface area (Å²) in [4.78, 5) is 12.5. The minimum atomic E-state index is 0.830. The zero-order valence-electron chi connectivity index (χ0n) is 16.4. The molecule has 1 aliphatic rings. The molecule has 7 heteroatoms. The van der Waals surface area contributed by atoms with Crippen LogP contribution in [0.1, 0.15) is 5.56 Å². The molecule has 4 heterocycles. The molecule has 3 aromatic heterocycles. The van der Waals surface area contributed by atoms with Crippen LogP contribution in [0.3, 0.4) is 0 Å². The molecule has 4 aromatic rings. The molecule has 0 unspecified atom stereocenters. The molecule has 0 atom stereocenters. The van der Waals surface area contributed by atoms with E-state index in [4.69, 9.17) is 9.84 Å². The van der Waals surface area contributed by atoms with Crippen molar-refractivity contribution in [3.63, 3.8) is 0 Å². The third kappa shape index (κ3) is 3.81. The summed E-state index contributed by atoms with van der Waals surface area (Å²) >= 11 is 1.67. The SMILES string of the molecule is Cc1csc2ncnc(-c3cccc(-c4ccn(CCN5CCOCC5)n4)c3)c12. The third-order valence-corrected chi connectivity index (χ3v) is 6.38. The van der Waals surface area contributed by atoms with E-state index in [1.54, 1.807) is 17.7 Å². The molecule has 148 valence electrons. The van der Waals surface area contributed by atoms with Gasteiger partial charge in [-0.1, -0.05) is 18.2 Å². The molecule has 1 saturated heterocycles. The van der Waals surface area contributed by atoms with Crippen LogP contribution in [0, 0.1) is 6.92 Å². The minimum Gasteiger partial charge on any atom is -0.379 e. The highest BCUT2D eigenvalue weighted by Crippen LogP contribution is 2.33. The summed E-state index contributed by atoms with van der Waals surface area (Å²) in [6, 6.07) is 10.6. The van der Waals surface area contributed by atoms with Gasteiger partial charge in [-0.3, -0.25) is 9.58 Å². The van der Waals surface area contributed by atoms with Crippen LogP contribution >= 0.6 is 11.3 Å². The molecule has 1 aromatic carbocycles. The molecule has 0 spiro atoms. The van der Waals surface area contributed by atoms with E-state index in [1.165, 1.54) is 5.56 Å². The Balaban J connectivity index is 1.39. The van der Waals surface area contributed by atoms with Crippen molar-refractivity contribution in [2.75, 3.05) is 32.8 Å². The van der Waals surface area contributed by atoms with E-state index in [9.17, 15) is 0 Å². The Morgan fingerprint density at radius 3 is 2.83 bits per heavy atom. The standard InChI is InChI=1S/C22H23N5OS/c1-16-14-29-22-20(16)21(23-15-24-22)18-4-2-3-17(13-18)19-5-6-27(25-19)8-7-26-9-11-28-12-10-26/h2-6,13-15H,7-12H2,1H3. The quantitative estimate of drug-likeness (QED) is 0.505. The lowest BCUT2D eigenvalue weighted by atomic mass is 10.0. The van der Waals surface area contributed by atoms with E-state index in [1.807, 2.05) is 4.68 Å². The van der Waals surface area contributed by atoms with Gasteiger partial charge in [0.2, 0.25) is 0 Å². The smallest absolute Gasteiger partial charge is 0.127 e. The van der Waals surface area contributed by atoms with E-state index in [2.05, 4.69) is 63.7 Å². The number of rotatable bonds is 5. The highest BCUT2D eigenvalue weighted by Gasteiger charge is 2.13. The summed E-state index contributed by atoms with van der Waals surface area (Å²) in [6.45, 7) is 7.68. The largest absolute Gasteiger partial charge is 0.379 e. The number of ether oxygens (including phenoxy) is 1. The van der Waals surface area contributed by atoms with Crippen LogP contribution in [0.25, 0.3) is 32.7 Å². The van der Waals surface area contributed by atoms with Crippen molar-refractivity contribution < 1.29 is 4.74 Å². The molecule has 0 N–H and O–H groups in total. The number of benzene rings is 1. The monoisotopic (exact) mass is 405 g/mol. The molecular weight excluding hydrogens is 382 g/mol. The van der Waals surface area contributed by atoms with Crippen molar-refractivity contribution in [1.29, 1.82) is 0 Å². The fourth-order valence-corrected chi connectivity index (χ4v) is 4.66. The first-order chi connectivity index (χ1) is 14.3. The summed E-state index contributed by atoms with van der Waals surface area (Å²) in [5.41, 5.74) is 5.40. The zero-order chi connectivity index (χ0) is 19.6. The van der Waals surface area contributed by atoms with Crippen LogP contribution in [0.2, 0.25) is 0 Å². The molecule has 1 aliphatic heterocycles. The maximum Gasteiger partial charge on any atom is 0.127 e. The average molecular weight is 406 g/mol. The Bertz CT molecular complexity index is 1130. The van der Waals surface area contributed by atoms with Crippen LogP contribution in [-0.2, 0) is 11.3 Å². The van der Waals surface area contributed by atoms with E-state index in [0.717, 1.165) is 72.1 Å². The summed E-state index contributed by atoms with van der Waals surface area (Å²) in [5, 5.41) is 8.08. The van der Waals surface area contributed by atoms with E-state index >= 15 is 0 Å². The second-order valence-electron chi connectivity index (χ2n) is 7.32.